The van der Waals surface area contributed by atoms with Gasteiger partial charge in [0.2, 0.25) is 11.8 Å². The first-order valence-corrected chi connectivity index (χ1v) is 10.9. The van der Waals surface area contributed by atoms with Gasteiger partial charge in [0.05, 0.1) is 16.2 Å². The number of nitrogens with zero attached hydrogens (tertiary/aromatic N) is 3. The number of benzene rings is 1. The Labute approximate surface area is 157 Å². The standard InChI is InChI=1S/C18H19N3O3S2/c1-2-7-16-20-21-17(24-16)15-10-6-11-19-18(15)25-12-13-26(22,23)14-8-4-3-5-9-14/h3-6,8-11H,2,7,12-13H2,1H3. The molecule has 1 aromatic carbocycles. The van der Waals surface area contributed by atoms with E-state index in [1.807, 2.05) is 13.0 Å². The minimum absolute atomic E-state index is 0.0304. The van der Waals surface area contributed by atoms with Gasteiger partial charge in [-0.3, -0.25) is 0 Å². The van der Waals surface area contributed by atoms with Crippen molar-refractivity contribution in [3.8, 4) is 11.5 Å². The smallest absolute Gasteiger partial charge is 0.250 e. The highest BCUT2D eigenvalue weighted by atomic mass is 32.2. The second kappa shape index (κ2) is 8.46. The zero-order valence-electron chi connectivity index (χ0n) is 14.3. The number of hydrogen-bond acceptors (Lipinski definition) is 7. The van der Waals surface area contributed by atoms with Crippen molar-refractivity contribution >= 4 is 21.6 Å². The maximum absolute atomic E-state index is 12.4. The fourth-order valence-electron chi connectivity index (χ4n) is 2.34. The van der Waals surface area contributed by atoms with Crippen LogP contribution < -0.4 is 0 Å². The summed E-state index contributed by atoms with van der Waals surface area (Å²) in [6.45, 7) is 2.04. The van der Waals surface area contributed by atoms with E-state index in [1.165, 1.54) is 11.8 Å². The number of pyridine rings is 1. The van der Waals surface area contributed by atoms with Crippen LogP contribution in [0.15, 0.2) is 63.0 Å². The van der Waals surface area contributed by atoms with Crippen molar-refractivity contribution in [1.82, 2.24) is 15.2 Å². The van der Waals surface area contributed by atoms with Crippen LogP contribution in [0.25, 0.3) is 11.5 Å². The minimum atomic E-state index is -3.31. The molecule has 0 radical (unpaired) electrons. The fraction of sp³-hybridized carbons (Fsp3) is 0.278. The lowest BCUT2D eigenvalue weighted by Crippen LogP contribution is -2.08. The van der Waals surface area contributed by atoms with Crippen LogP contribution in [0, 0.1) is 0 Å². The predicted octanol–water partition coefficient (Wildman–Crippen LogP) is 3.65. The van der Waals surface area contributed by atoms with Crippen molar-refractivity contribution in [2.75, 3.05) is 11.5 Å². The Morgan fingerprint density at radius 1 is 1.08 bits per heavy atom. The zero-order chi connectivity index (χ0) is 18.4. The molecule has 0 amide bonds. The first-order chi connectivity index (χ1) is 12.6. The summed E-state index contributed by atoms with van der Waals surface area (Å²) in [6.07, 6.45) is 3.32. The maximum Gasteiger partial charge on any atom is 0.250 e. The van der Waals surface area contributed by atoms with Crippen molar-refractivity contribution in [1.29, 1.82) is 0 Å². The van der Waals surface area contributed by atoms with E-state index in [0.29, 0.717) is 27.5 Å². The van der Waals surface area contributed by atoms with Gasteiger partial charge in [-0.15, -0.1) is 22.0 Å². The van der Waals surface area contributed by atoms with Crippen molar-refractivity contribution in [3.63, 3.8) is 0 Å². The van der Waals surface area contributed by atoms with E-state index in [0.717, 1.165) is 18.4 Å². The van der Waals surface area contributed by atoms with Gasteiger partial charge < -0.3 is 4.42 Å². The van der Waals surface area contributed by atoms with Gasteiger partial charge in [0.1, 0.15) is 5.03 Å². The summed E-state index contributed by atoms with van der Waals surface area (Å²) in [6, 6.07) is 12.1. The van der Waals surface area contributed by atoms with Crippen LogP contribution in [0.4, 0.5) is 0 Å². The summed E-state index contributed by atoms with van der Waals surface area (Å²) in [5, 5.41) is 8.80. The number of thioether (sulfide) groups is 1. The number of sulfone groups is 1. The third-order valence-corrected chi connectivity index (χ3v) is 6.62. The highest BCUT2D eigenvalue weighted by molar-refractivity contribution is 8.00. The molecule has 3 rings (SSSR count). The SMILES string of the molecule is CCCc1nnc(-c2cccnc2SCCS(=O)(=O)c2ccccc2)o1. The Morgan fingerprint density at radius 2 is 1.88 bits per heavy atom. The minimum Gasteiger partial charge on any atom is -0.421 e. The van der Waals surface area contributed by atoms with Crippen molar-refractivity contribution in [2.24, 2.45) is 0 Å². The average Bonchev–Trinajstić information content (AvgIpc) is 3.11. The quantitative estimate of drug-likeness (QED) is 0.544. The second-order valence-corrected chi connectivity index (χ2v) is 8.78. The van der Waals surface area contributed by atoms with Crippen LogP contribution in [0.3, 0.4) is 0 Å². The van der Waals surface area contributed by atoms with Gasteiger partial charge in [0.25, 0.3) is 0 Å². The number of rotatable bonds is 8. The van der Waals surface area contributed by atoms with Crippen molar-refractivity contribution in [2.45, 2.75) is 29.7 Å². The van der Waals surface area contributed by atoms with E-state index in [9.17, 15) is 8.42 Å². The lowest BCUT2D eigenvalue weighted by Gasteiger charge is -2.06. The molecule has 136 valence electrons. The summed E-state index contributed by atoms with van der Waals surface area (Å²) in [5.74, 6) is 1.42. The van der Waals surface area contributed by atoms with Gasteiger partial charge in [-0.1, -0.05) is 25.1 Å². The molecule has 0 aliphatic heterocycles. The van der Waals surface area contributed by atoms with E-state index >= 15 is 0 Å². The third-order valence-electron chi connectivity index (χ3n) is 3.63. The monoisotopic (exact) mass is 389 g/mol. The molecule has 0 N–H and O–H groups in total. The van der Waals surface area contributed by atoms with E-state index < -0.39 is 9.84 Å². The van der Waals surface area contributed by atoms with E-state index in [-0.39, 0.29) is 5.75 Å². The first kappa shape index (κ1) is 18.6. The van der Waals surface area contributed by atoms with Gasteiger partial charge in [-0.05, 0) is 30.7 Å². The third kappa shape index (κ3) is 4.50. The molecule has 0 fully saturated rings. The molecule has 0 unspecified atom stereocenters. The van der Waals surface area contributed by atoms with E-state index in [1.54, 1.807) is 42.6 Å². The predicted molar refractivity (Wildman–Crippen MR) is 101 cm³/mol. The second-order valence-electron chi connectivity index (χ2n) is 5.59. The molecule has 8 heteroatoms. The lowest BCUT2D eigenvalue weighted by molar-refractivity contribution is 0.501. The highest BCUT2D eigenvalue weighted by Crippen LogP contribution is 2.29. The molecule has 2 aromatic heterocycles. The molecule has 0 bridgehead atoms. The molecule has 0 atom stereocenters. The Hall–Kier alpha value is -2.19. The van der Waals surface area contributed by atoms with E-state index in [4.69, 9.17) is 4.42 Å². The average molecular weight is 390 g/mol. The van der Waals surface area contributed by atoms with Gasteiger partial charge in [-0.25, -0.2) is 13.4 Å². The van der Waals surface area contributed by atoms with Gasteiger partial charge in [-0.2, -0.15) is 0 Å². The van der Waals surface area contributed by atoms with Crippen LogP contribution in [0.5, 0.6) is 0 Å². The molecule has 0 aliphatic rings. The van der Waals surface area contributed by atoms with Gasteiger partial charge >= 0.3 is 0 Å². The highest BCUT2D eigenvalue weighted by Gasteiger charge is 2.17. The van der Waals surface area contributed by atoms with Crippen LogP contribution in [-0.4, -0.2) is 35.1 Å². The molecule has 0 saturated carbocycles. The molecule has 0 spiro atoms. The summed E-state index contributed by atoms with van der Waals surface area (Å²) in [5.41, 5.74) is 0.726. The molecule has 3 aromatic rings. The zero-order valence-corrected chi connectivity index (χ0v) is 16.0. The van der Waals surface area contributed by atoms with Crippen LogP contribution in [0.1, 0.15) is 19.2 Å². The number of aromatic nitrogens is 3. The van der Waals surface area contributed by atoms with Crippen LogP contribution in [0.2, 0.25) is 0 Å². The van der Waals surface area contributed by atoms with Gasteiger partial charge in [0, 0.05) is 18.4 Å². The molecular weight excluding hydrogens is 370 g/mol. The fourth-order valence-corrected chi connectivity index (χ4v) is 5.00. The van der Waals surface area contributed by atoms with Crippen molar-refractivity contribution < 1.29 is 12.8 Å². The van der Waals surface area contributed by atoms with Crippen molar-refractivity contribution in [3.05, 3.63) is 54.6 Å². The molecular formula is C18H19N3O3S2. The first-order valence-electron chi connectivity index (χ1n) is 8.28. The number of aryl methyl sites for hydroxylation is 1. The molecule has 6 nitrogen and oxygen atoms in total. The molecule has 0 aliphatic carbocycles. The summed E-state index contributed by atoms with van der Waals surface area (Å²) >= 11 is 1.37. The normalized spacial score (nSPS) is 11.6. The van der Waals surface area contributed by atoms with Crippen LogP contribution >= 0.6 is 11.8 Å². The maximum atomic E-state index is 12.4. The topological polar surface area (TPSA) is 86.0 Å². The molecule has 26 heavy (non-hydrogen) atoms. The Morgan fingerprint density at radius 3 is 2.65 bits per heavy atom. The summed E-state index contributed by atoms with van der Waals surface area (Å²) < 4.78 is 30.4. The van der Waals surface area contributed by atoms with Gasteiger partial charge in [0.15, 0.2) is 9.84 Å². The Balaban J connectivity index is 1.71. The van der Waals surface area contributed by atoms with Crippen LogP contribution in [-0.2, 0) is 16.3 Å². The summed E-state index contributed by atoms with van der Waals surface area (Å²) in [4.78, 5) is 4.68. The molecule has 0 saturated heterocycles. The molecule has 2 heterocycles. The Bertz CT molecular complexity index is 957. The lowest BCUT2D eigenvalue weighted by atomic mass is 10.3. The largest absolute Gasteiger partial charge is 0.421 e. The Kier molecular flexibility index (Phi) is 6.05. The number of hydrogen-bond donors (Lipinski definition) is 0. The summed E-state index contributed by atoms with van der Waals surface area (Å²) in [7, 11) is -3.31. The van der Waals surface area contributed by atoms with E-state index in [2.05, 4.69) is 15.2 Å².